The van der Waals surface area contributed by atoms with Gasteiger partial charge < -0.3 is 9.47 Å². The first-order valence-corrected chi connectivity index (χ1v) is 11.5. The van der Waals surface area contributed by atoms with Gasteiger partial charge in [0.15, 0.2) is 11.5 Å². The summed E-state index contributed by atoms with van der Waals surface area (Å²) in [6.45, 7) is 2.18. The van der Waals surface area contributed by atoms with Crippen molar-refractivity contribution in [2.24, 2.45) is 0 Å². The van der Waals surface area contributed by atoms with Crippen molar-refractivity contribution in [3.05, 3.63) is 93.2 Å². The van der Waals surface area contributed by atoms with Crippen molar-refractivity contribution in [3.8, 4) is 11.5 Å². The molecule has 0 spiro atoms. The number of benzene rings is 3. The fraction of sp³-hybridized carbons (Fsp3) is 0.115. The molecule has 0 atom stereocenters. The van der Waals surface area contributed by atoms with Crippen molar-refractivity contribution >= 4 is 52.8 Å². The Bertz CT molecular complexity index is 1360. The molecule has 1 aliphatic rings. The van der Waals surface area contributed by atoms with Crippen LogP contribution < -0.4 is 19.7 Å². The predicted octanol–water partition coefficient (Wildman–Crippen LogP) is 5.78. The number of hydrogen-bond donors (Lipinski definition) is 1. The van der Waals surface area contributed by atoms with Crippen LogP contribution in [0.5, 0.6) is 11.5 Å². The number of nitrogens with zero attached hydrogens (tertiary/aromatic N) is 1. The molecule has 1 aliphatic heterocycles. The Kier molecular flexibility index (Phi) is 7.57. The lowest BCUT2D eigenvalue weighted by molar-refractivity contribution is -0.122. The zero-order valence-corrected chi connectivity index (χ0v) is 20.4. The van der Waals surface area contributed by atoms with E-state index in [0.29, 0.717) is 17.2 Å². The van der Waals surface area contributed by atoms with E-state index in [1.165, 1.54) is 48.5 Å². The quantitative estimate of drug-likeness (QED) is 0.310. The Morgan fingerprint density at radius 3 is 2.33 bits per heavy atom. The van der Waals surface area contributed by atoms with Gasteiger partial charge >= 0.3 is 6.03 Å². The molecule has 3 aromatic carbocycles. The third-order valence-corrected chi connectivity index (χ3v) is 5.66. The molecule has 0 radical (unpaired) electrons. The van der Waals surface area contributed by atoms with Gasteiger partial charge in [-0.25, -0.2) is 14.1 Å². The maximum Gasteiger partial charge on any atom is 0.335 e. The fourth-order valence-electron chi connectivity index (χ4n) is 3.46. The van der Waals surface area contributed by atoms with Crippen molar-refractivity contribution in [2.45, 2.75) is 13.5 Å². The number of carbonyl (C=O) groups is 3. The summed E-state index contributed by atoms with van der Waals surface area (Å²) in [4.78, 5) is 38.8. The predicted molar refractivity (Wildman–Crippen MR) is 134 cm³/mol. The van der Waals surface area contributed by atoms with Crippen LogP contribution >= 0.6 is 23.2 Å². The maximum atomic E-state index is 13.2. The topological polar surface area (TPSA) is 84.9 Å². The first-order chi connectivity index (χ1) is 17.3. The second-order valence-corrected chi connectivity index (χ2v) is 8.46. The van der Waals surface area contributed by atoms with Crippen molar-refractivity contribution in [3.63, 3.8) is 0 Å². The molecule has 36 heavy (non-hydrogen) atoms. The van der Waals surface area contributed by atoms with E-state index in [0.717, 1.165) is 10.5 Å². The Hall–Kier alpha value is -3.88. The summed E-state index contributed by atoms with van der Waals surface area (Å²) < 4.78 is 24.7. The van der Waals surface area contributed by atoms with Crippen molar-refractivity contribution in [1.29, 1.82) is 0 Å². The molecule has 1 fully saturated rings. The number of anilines is 1. The molecule has 4 amide bonds. The van der Waals surface area contributed by atoms with Gasteiger partial charge in [0.1, 0.15) is 18.0 Å². The molecule has 0 unspecified atom stereocenters. The summed E-state index contributed by atoms with van der Waals surface area (Å²) in [5.74, 6) is -1.48. The van der Waals surface area contributed by atoms with E-state index in [9.17, 15) is 18.8 Å². The van der Waals surface area contributed by atoms with E-state index in [2.05, 4.69) is 5.32 Å². The van der Waals surface area contributed by atoms with Crippen LogP contribution in [0.15, 0.2) is 66.2 Å². The molecular formula is C26H19Cl2FN2O5. The van der Waals surface area contributed by atoms with Crippen LogP contribution in [0.2, 0.25) is 10.0 Å². The van der Waals surface area contributed by atoms with E-state index >= 15 is 0 Å². The van der Waals surface area contributed by atoms with E-state index in [1.54, 1.807) is 25.1 Å². The molecule has 3 aromatic rings. The van der Waals surface area contributed by atoms with E-state index in [4.69, 9.17) is 32.7 Å². The number of halogens is 3. The van der Waals surface area contributed by atoms with Crippen LogP contribution in [-0.4, -0.2) is 24.5 Å². The summed E-state index contributed by atoms with van der Waals surface area (Å²) in [5.41, 5.74) is 1.07. The molecule has 0 bridgehead atoms. The van der Waals surface area contributed by atoms with E-state index < -0.39 is 17.8 Å². The second kappa shape index (κ2) is 10.8. The largest absolute Gasteiger partial charge is 0.490 e. The minimum Gasteiger partial charge on any atom is -0.490 e. The molecule has 10 heteroatoms. The van der Waals surface area contributed by atoms with Crippen LogP contribution in [0.4, 0.5) is 14.9 Å². The molecule has 0 aromatic heterocycles. The van der Waals surface area contributed by atoms with Gasteiger partial charge in [0.25, 0.3) is 11.8 Å². The molecule has 4 rings (SSSR count). The number of amides is 4. The van der Waals surface area contributed by atoms with Gasteiger partial charge in [-0.3, -0.25) is 14.9 Å². The summed E-state index contributed by atoms with van der Waals surface area (Å²) in [6, 6.07) is 14.0. The third kappa shape index (κ3) is 5.50. The Balaban J connectivity index is 1.65. The van der Waals surface area contributed by atoms with Crippen LogP contribution in [0.3, 0.4) is 0 Å². The molecule has 1 heterocycles. The number of carbonyl (C=O) groups excluding carboxylic acids is 3. The van der Waals surface area contributed by atoms with Gasteiger partial charge in [0.2, 0.25) is 0 Å². The minimum absolute atomic E-state index is 0.111. The number of urea groups is 1. The Morgan fingerprint density at radius 1 is 0.972 bits per heavy atom. The summed E-state index contributed by atoms with van der Waals surface area (Å²) in [6.07, 6.45) is 1.31. The zero-order chi connectivity index (χ0) is 25.8. The average molecular weight is 529 g/mol. The number of nitrogens with one attached hydrogen (secondary N) is 1. The SMILES string of the molecule is CCOc1cc(/C=C2\C(=O)NC(=O)N(c3ccc(Cl)cc3)C2=O)cc(Cl)c1OCc1ccc(F)cc1. The molecule has 184 valence electrons. The fourth-order valence-corrected chi connectivity index (χ4v) is 3.86. The molecule has 1 saturated heterocycles. The highest BCUT2D eigenvalue weighted by Gasteiger charge is 2.36. The van der Waals surface area contributed by atoms with Gasteiger partial charge in [0.05, 0.1) is 17.3 Å². The van der Waals surface area contributed by atoms with Crippen molar-refractivity contribution in [2.75, 3.05) is 11.5 Å². The third-order valence-electron chi connectivity index (χ3n) is 5.13. The van der Waals surface area contributed by atoms with E-state index in [-0.39, 0.29) is 40.2 Å². The summed E-state index contributed by atoms with van der Waals surface area (Å²) in [7, 11) is 0. The van der Waals surface area contributed by atoms with Crippen molar-refractivity contribution < 1.29 is 28.2 Å². The lowest BCUT2D eigenvalue weighted by Crippen LogP contribution is -2.54. The molecule has 1 N–H and O–H groups in total. The van der Waals surface area contributed by atoms with Gasteiger partial charge in [-0.05, 0) is 72.7 Å². The highest BCUT2D eigenvalue weighted by atomic mass is 35.5. The lowest BCUT2D eigenvalue weighted by atomic mass is 10.1. The smallest absolute Gasteiger partial charge is 0.335 e. The number of ether oxygens (including phenoxy) is 2. The monoisotopic (exact) mass is 528 g/mol. The number of imide groups is 2. The maximum absolute atomic E-state index is 13.2. The highest BCUT2D eigenvalue weighted by molar-refractivity contribution is 6.39. The number of hydrogen-bond acceptors (Lipinski definition) is 5. The molecule has 0 aliphatic carbocycles. The Labute approximate surface area is 216 Å². The van der Waals surface area contributed by atoms with Gasteiger partial charge in [0, 0.05) is 5.02 Å². The average Bonchev–Trinajstić information content (AvgIpc) is 2.83. The van der Waals surface area contributed by atoms with Crippen LogP contribution in [0.1, 0.15) is 18.1 Å². The zero-order valence-electron chi connectivity index (χ0n) is 18.9. The van der Waals surface area contributed by atoms with Crippen LogP contribution in [0.25, 0.3) is 6.08 Å². The minimum atomic E-state index is -0.873. The number of barbiturate groups is 1. The summed E-state index contributed by atoms with van der Waals surface area (Å²) in [5, 5.41) is 2.76. The second-order valence-electron chi connectivity index (χ2n) is 7.61. The first-order valence-electron chi connectivity index (χ1n) is 10.8. The van der Waals surface area contributed by atoms with Gasteiger partial charge in [-0.15, -0.1) is 0 Å². The molecule has 0 saturated carbocycles. The normalized spacial score (nSPS) is 14.7. The van der Waals surface area contributed by atoms with Crippen molar-refractivity contribution in [1.82, 2.24) is 5.32 Å². The van der Waals surface area contributed by atoms with E-state index in [1.807, 2.05) is 0 Å². The van der Waals surface area contributed by atoms with Gasteiger partial charge in [-0.1, -0.05) is 35.3 Å². The lowest BCUT2D eigenvalue weighted by Gasteiger charge is -2.26. The van der Waals surface area contributed by atoms with Gasteiger partial charge in [-0.2, -0.15) is 0 Å². The van der Waals surface area contributed by atoms with Crippen LogP contribution in [-0.2, 0) is 16.2 Å². The van der Waals surface area contributed by atoms with Crippen LogP contribution in [0, 0.1) is 5.82 Å². The molecule has 7 nitrogen and oxygen atoms in total. The summed E-state index contributed by atoms with van der Waals surface area (Å²) >= 11 is 12.4. The standard InChI is InChI=1S/C26H19Cl2FN2O5/c1-2-35-22-13-16(12-21(28)23(22)36-14-15-3-7-18(29)8-4-15)11-20-24(32)30-26(34)31(25(20)33)19-9-5-17(27)6-10-19/h3-13H,2,14H2,1H3,(H,30,32,34)/b20-11+. The Morgan fingerprint density at radius 2 is 1.67 bits per heavy atom. The number of rotatable bonds is 7. The first kappa shape index (κ1) is 25.2. The highest BCUT2D eigenvalue weighted by Crippen LogP contribution is 2.38. The molecular weight excluding hydrogens is 510 g/mol.